The van der Waals surface area contributed by atoms with Gasteiger partial charge in [-0.05, 0) is 15.4 Å². The molecule has 4 atom stereocenters. The lowest BCUT2D eigenvalue weighted by atomic mass is 10.1. The number of aliphatic hydroxyl groups excluding tert-OH is 1. The molecule has 2 bridgehead atoms. The van der Waals surface area contributed by atoms with E-state index >= 15 is 0 Å². The van der Waals surface area contributed by atoms with E-state index in [-0.39, 0.29) is 23.9 Å². The van der Waals surface area contributed by atoms with Gasteiger partial charge in [0.25, 0.3) is 8.32 Å². The minimum Gasteiger partial charge on any atom is -0.404 e. The van der Waals surface area contributed by atoms with Crippen molar-refractivity contribution in [2.24, 2.45) is 0 Å². The third-order valence-corrected chi connectivity index (χ3v) is 12.4. The van der Waals surface area contributed by atoms with Gasteiger partial charge in [-0.1, -0.05) is 106 Å². The Morgan fingerprint density at radius 2 is 1.70 bits per heavy atom. The fourth-order valence-electron chi connectivity index (χ4n) is 4.51. The number of benzene rings is 2. The van der Waals surface area contributed by atoms with Crippen molar-refractivity contribution in [2.75, 3.05) is 13.2 Å². The van der Waals surface area contributed by atoms with Gasteiger partial charge in [-0.15, -0.1) is 0 Å². The van der Waals surface area contributed by atoms with Gasteiger partial charge in [-0.2, -0.15) is 13.6 Å². The second kappa shape index (κ2) is 10.7. The van der Waals surface area contributed by atoms with Crippen molar-refractivity contribution in [1.29, 1.82) is 0 Å². The zero-order chi connectivity index (χ0) is 23.3. The van der Waals surface area contributed by atoms with Crippen molar-refractivity contribution in [3.8, 4) is 0 Å². The van der Waals surface area contributed by atoms with Gasteiger partial charge in [-0.25, -0.2) is 0 Å². The van der Waals surface area contributed by atoms with Gasteiger partial charge in [0.15, 0.2) is 0 Å². The molecule has 2 aliphatic heterocycles. The highest BCUT2D eigenvalue weighted by Gasteiger charge is 2.50. The first-order valence-corrected chi connectivity index (χ1v) is 14.6. The van der Waals surface area contributed by atoms with E-state index in [4.69, 9.17) is 18.0 Å². The molecule has 0 spiro atoms. The standard InChI is InChI=1S/C26H34O5PSi/c1-26(2,3)33(24-12-6-4-7-13-24,25-14-8-5-9-15-25)29-20-21(27)16-17-23-19-22-11-10-18-28-32(30-22)31-23/h4-17,21-23,27,32H,18-20H2,1-3H3/q+1/t21-,22+,23+/m1/s1. The summed E-state index contributed by atoms with van der Waals surface area (Å²) in [4.78, 5) is 0. The summed E-state index contributed by atoms with van der Waals surface area (Å²) in [6.45, 7) is 7.43. The Balaban J connectivity index is 1.52. The molecule has 0 amide bonds. The third-order valence-electron chi connectivity index (χ3n) is 6.04. The van der Waals surface area contributed by atoms with Gasteiger partial charge in [0.1, 0.15) is 18.8 Å². The predicted molar refractivity (Wildman–Crippen MR) is 136 cm³/mol. The Kier molecular flexibility index (Phi) is 7.97. The number of aliphatic hydroxyl groups is 1. The van der Waals surface area contributed by atoms with Crippen LogP contribution < -0.4 is 10.4 Å². The summed E-state index contributed by atoms with van der Waals surface area (Å²) in [7, 11) is -4.40. The van der Waals surface area contributed by atoms with E-state index in [1.807, 2.05) is 30.4 Å². The molecule has 2 aliphatic rings. The van der Waals surface area contributed by atoms with Crippen LogP contribution in [0.3, 0.4) is 0 Å². The smallest absolute Gasteiger partial charge is 0.399 e. The van der Waals surface area contributed by atoms with Crippen LogP contribution in [0.25, 0.3) is 0 Å². The Labute approximate surface area is 199 Å². The first-order chi connectivity index (χ1) is 15.9. The van der Waals surface area contributed by atoms with Crippen LogP contribution in [0.4, 0.5) is 0 Å². The van der Waals surface area contributed by atoms with E-state index in [0.29, 0.717) is 13.0 Å². The number of hydrogen-bond acceptors (Lipinski definition) is 5. The van der Waals surface area contributed by atoms with E-state index in [1.54, 1.807) is 6.08 Å². The zero-order valence-corrected chi connectivity index (χ0v) is 21.5. The molecule has 2 aromatic carbocycles. The Hall–Kier alpha value is -1.63. The van der Waals surface area contributed by atoms with Gasteiger partial charge in [0.2, 0.25) is 0 Å². The van der Waals surface area contributed by atoms with E-state index in [0.717, 1.165) is 0 Å². The number of fused-ring (bicyclic) bond motifs is 2. The molecular weight excluding hydrogens is 451 g/mol. The molecule has 1 N–H and O–H groups in total. The lowest BCUT2D eigenvalue weighted by molar-refractivity contribution is 0.0634. The third kappa shape index (κ3) is 5.72. The normalized spacial score (nSPS) is 24.5. The minimum absolute atomic E-state index is 0.00953. The summed E-state index contributed by atoms with van der Waals surface area (Å²) < 4.78 is 24.1. The second-order valence-electron chi connectivity index (χ2n) is 9.46. The molecule has 33 heavy (non-hydrogen) atoms. The van der Waals surface area contributed by atoms with E-state index in [2.05, 4.69) is 69.3 Å². The summed E-state index contributed by atoms with van der Waals surface area (Å²) >= 11 is 0. The molecule has 2 heterocycles. The topological polar surface area (TPSA) is 57.2 Å². The van der Waals surface area contributed by atoms with Gasteiger partial charge in [0, 0.05) is 6.42 Å². The predicted octanol–water partition coefficient (Wildman–Crippen LogP) is 4.20. The number of rotatable bonds is 7. The molecule has 1 unspecified atom stereocenters. The molecule has 2 aromatic rings. The van der Waals surface area contributed by atoms with Crippen molar-refractivity contribution < 1.29 is 23.1 Å². The molecule has 7 heteroatoms. The van der Waals surface area contributed by atoms with Crippen LogP contribution in [0.2, 0.25) is 5.04 Å². The van der Waals surface area contributed by atoms with Crippen molar-refractivity contribution >= 4 is 27.3 Å². The summed E-state index contributed by atoms with van der Waals surface area (Å²) in [5.74, 6) is 0. The molecular formula is C26H34O5PSi+. The SMILES string of the molecule is CC(C)(C)[Si](OC[C@H](O)C=C[C@H]1C[C@@H]2C=CCO[PH+](O2)O1)(c1ccccc1)c1ccccc1. The van der Waals surface area contributed by atoms with Crippen molar-refractivity contribution in [1.82, 2.24) is 0 Å². The second-order valence-corrected chi connectivity index (χ2v) is 15.0. The first kappa shape index (κ1) is 24.5. The summed E-state index contributed by atoms with van der Waals surface area (Å²) in [6.07, 6.45) is 7.56. The van der Waals surface area contributed by atoms with Gasteiger partial charge >= 0.3 is 8.60 Å². The largest absolute Gasteiger partial charge is 0.404 e. The van der Waals surface area contributed by atoms with E-state index < -0.39 is 23.0 Å². The molecule has 1 fully saturated rings. The fraction of sp³-hybridized carbons (Fsp3) is 0.385. The summed E-state index contributed by atoms with van der Waals surface area (Å²) in [5, 5.41) is 13.1. The van der Waals surface area contributed by atoms with E-state index in [9.17, 15) is 5.11 Å². The maximum atomic E-state index is 10.8. The molecule has 0 saturated carbocycles. The maximum absolute atomic E-state index is 10.8. The molecule has 0 radical (unpaired) electrons. The number of hydrogen-bond donors (Lipinski definition) is 1. The van der Waals surface area contributed by atoms with Crippen LogP contribution in [-0.4, -0.2) is 44.9 Å². The Bertz CT molecular complexity index is 905. The Morgan fingerprint density at radius 1 is 1.06 bits per heavy atom. The monoisotopic (exact) mass is 485 g/mol. The average Bonchev–Trinajstić information content (AvgIpc) is 2.98. The highest BCUT2D eigenvalue weighted by atomic mass is 31.2. The molecule has 0 aliphatic carbocycles. The maximum Gasteiger partial charge on any atom is 0.399 e. The lowest BCUT2D eigenvalue weighted by Gasteiger charge is -2.43. The van der Waals surface area contributed by atoms with Crippen LogP contribution in [0.5, 0.6) is 0 Å². The lowest BCUT2D eigenvalue weighted by Crippen LogP contribution is -2.67. The fourth-order valence-corrected chi connectivity index (χ4v) is 10.4. The highest BCUT2D eigenvalue weighted by molar-refractivity contribution is 7.41. The van der Waals surface area contributed by atoms with Gasteiger partial charge < -0.3 is 9.53 Å². The van der Waals surface area contributed by atoms with Crippen LogP contribution in [0, 0.1) is 0 Å². The molecule has 5 nitrogen and oxygen atoms in total. The van der Waals surface area contributed by atoms with Crippen LogP contribution in [-0.2, 0) is 18.0 Å². The first-order valence-electron chi connectivity index (χ1n) is 11.5. The van der Waals surface area contributed by atoms with Crippen molar-refractivity contribution in [3.63, 3.8) is 0 Å². The summed E-state index contributed by atoms with van der Waals surface area (Å²) in [5.41, 5.74) is 0. The Morgan fingerprint density at radius 3 is 2.30 bits per heavy atom. The summed E-state index contributed by atoms with van der Waals surface area (Å²) in [6, 6.07) is 20.9. The van der Waals surface area contributed by atoms with E-state index in [1.165, 1.54) is 10.4 Å². The molecule has 0 aromatic heterocycles. The van der Waals surface area contributed by atoms with Crippen molar-refractivity contribution in [3.05, 3.63) is 85.0 Å². The average molecular weight is 486 g/mol. The van der Waals surface area contributed by atoms with Crippen LogP contribution in [0.15, 0.2) is 85.0 Å². The zero-order valence-electron chi connectivity index (χ0n) is 19.5. The van der Waals surface area contributed by atoms with Crippen LogP contribution in [0.1, 0.15) is 27.2 Å². The molecule has 4 rings (SSSR count). The van der Waals surface area contributed by atoms with Gasteiger partial charge in [-0.3, -0.25) is 0 Å². The quantitative estimate of drug-likeness (QED) is 0.362. The van der Waals surface area contributed by atoms with Gasteiger partial charge in [0.05, 0.1) is 12.7 Å². The molecule has 1 saturated heterocycles. The minimum atomic E-state index is -2.68. The van der Waals surface area contributed by atoms with Crippen molar-refractivity contribution in [2.45, 2.75) is 50.5 Å². The van der Waals surface area contributed by atoms with Crippen LogP contribution >= 0.6 is 8.60 Å². The highest BCUT2D eigenvalue weighted by Crippen LogP contribution is 2.49. The molecule has 176 valence electrons.